The Hall–Kier alpha value is -1.89. The molecule has 3 atom stereocenters. The first-order valence-corrected chi connectivity index (χ1v) is 9.96. The van der Waals surface area contributed by atoms with E-state index in [0.29, 0.717) is 16.9 Å². The highest BCUT2D eigenvalue weighted by Crippen LogP contribution is 2.27. The number of carbonyl (C=O) groups excluding carboxylic acids is 1. The number of nitrogens with zero attached hydrogens (tertiary/aromatic N) is 3. The van der Waals surface area contributed by atoms with Crippen LogP contribution in [0.3, 0.4) is 0 Å². The summed E-state index contributed by atoms with van der Waals surface area (Å²) in [7, 11) is 1.86. The van der Waals surface area contributed by atoms with Crippen molar-refractivity contribution in [1.29, 1.82) is 0 Å². The Kier molecular flexibility index (Phi) is 5.96. The lowest BCUT2D eigenvalue weighted by atomic mass is 9.86. The largest absolute Gasteiger partial charge is 0.352 e. The molecule has 1 aliphatic rings. The lowest BCUT2D eigenvalue weighted by molar-refractivity contribution is -0.121. The molecule has 5 nitrogen and oxygen atoms in total. The molecule has 0 unspecified atom stereocenters. The fourth-order valence-corrected chi connectivity index (χ4v) is 4.13. The lowest BCUT2D eigenvalue weighted by Gasteiger charge is -2.30. The fourth-order valence-electron chi connectivity index (χ4n) is 3.31. The van der Waals surface area contributed by atoms with Crippen LogP contribution >= 0.6 is 11.8 Å². The SMILES string of the molecule is C[C@@H](Sc1nnc(-c2ccc(F)cc2)n1C)C(=O)N[C@@H]1CCCC[C@@H]1C. The maximum Gasteiger partial charge on any atom is 0.233 e. The van der Waals surface area contributed by atoms with Crippen molar-refractivity contribution in [2.75, 3.05) is 0 Å². The molecule has 1 aromatic carbocycles. The van der Waals surface area contributed by atoms with E-state index >= 15 is 0 Å². The smallest absolute Gasteiger partial charge is 0.233 e. The Morgan fingerprint density at radius 2 is 1.96 bits per heavy atom. The molecule has 1 aromatic heterocycles. The molecule has 1 saturated carbocycles. The van der Waals surface area contributed by atoms with Crippen LogP contribution in [0.5, 0.6) is 0 Å². The van der Waals surface area contributed by atoms with E-state index in [1.165, 1.54) is 43.2 Å². The van der Waals surface area contributed by atoms with Crippen molar-refractivity contribution in [3.63, 3.8) is 0 Å². The number of hydrogen-bond acceptors (Lipinski definition) is 4. The van der Waals surface area contributed by atoms with Crippen LogP contribution < -0.4 is 5.32 Å². The summed E-state index contributed by atoms with van der Waals surface area (Å²) in [6, 6.07) is 6.42. The van der Waals surface area contributed by atoms with E-state index in [4.69, 9.17) is 0 Å². The van der Waals surface area contributed by atoms with Crippen molar-refractivity contribution in [3.8, 4) is 11.4 Å². The number of nitrogens with one attached hydrogen (secondary N) is 1. The van der Waals surface area contributed by atoms with Gasteiger partial charge < -0.3 is 9.88 Å². The van der Waals surface area contributed by atoms with Crippen molar-refractivity contribution in [3.05, 3.63) is 30.1 Å². The summed E-state index contributed by atoms with van der Waals surface area (Å²) in [5.41, 5.74) is 0.793. The topological polar surface area (TPSA) is 59.8 Å². The number of halogens is 1. The maximum absolute atomic E-state index is 13.1. The highest BCUT2D eigenvalue weighted by Gasteiger charge is 2.26. The second-order valence-corrected chi connectivity index (χ2v) is 8.32. The first kappa shape index (κ1) is 18.9. The van der Waals surface area contributed by atoms with Gasteiger partial charge >= 0.3 is 0 Å². The normalized spacial score (nSPS) is 21.4. The predicted octanol–water partition coefficient (Wildman–Crippen LogP) is 3.80. The van der Waals surface area contributed by atoms with Crippen LogP contribution in [0.15, 0.2) is 29.4 Å². The first-order valence-electron chi connectivity index (χ1n) is 9.08. The summed E-state index contributed by atoms with van der Waals surface area (Å²) in [5.74, 6) is 0.943. The molecule has 2 aromatic rings. The summed E-state index contributed by atoms with van der Waals surface area (Å²) in [4.78, 5) is 12.6. The van der Waals surface area contributed by atoms with Crippen LogP contribution in [-0.4, -0.2) is 32.0 Å². The van der Waals surface area contributed by atoms with Crippen molar-refractivity contribution < 1.29 is 9.18 Å². The van der Waals surface area contributed by atoms with Crippen molar-refractivity contribution in [2.45, 2.75) is 56.0 Å². The van der Waals surface area contributed by atoms with Crippen molar-refractivity contribution >= 4 is 17.7 Å². The van der Waals surface area contributed by atoms with Gasteiger partial charge in [-0.15, -0.1) is 10.2 Å². The molecule has 1 amide bonds. The molecule has 1 aliphatic carbocycles. The van der Waals surface area contributed by atoms with Crippen molar-refractivity contribution in [1.82, 2.24) is 20.1 Å². The Balaban J connectivity index is 1.65. The number of amides is 1. The minimum absolute atomic E-state index is 0.0417. The van der Waals surface area contributed by atoms with Gasteiger partial charge in [0, 0.05) is 18.7 Å². The van der Waals surface area contributed by atoms with Gasteiger partial charge in [-0.1, -0.05) is 31.5 Å². The molecular weight excluding hydrogens is 351 g/mol. The summed E-state index contributed by atoms with van der Waals surface area (Å²) in [6.07, 6.45) is 4.67. The average molecular weight is 377 g/mol. The minimum atomic E-state index is -0.284. The number of carbonyl (C=O) groups is 1. The van der Waals surface area contributed by atoms with E-state index in [0.717, 1.165) is 12.0 Å². The summed E-state index contributed by atoms with van der Waals surface area (Å²) < 4.78 is 14.9. The summed E-state index contributed by atoms with van der Waals surface area (Å²) in [5, 5.41) is 12.0. The van der Waals surface area contributed by atoms with Gasteiger partial charge in [0.1, 0.15) is 5.82 Å². The molecule has 3 rings (SSSR count). The quantitative estimate of drug-likeness (QED) is 0.807. The van der Waals surface area contributed by atoms with Gasteiger partial charge in [-0.2, -0.15) is 0 Å². The van der Waals surface area contributed by atoms with Gasteiger partial charge in [-0.3, -0.25) is 4.79 Å². The predicted molar refractivity (Wildman–Crippen MR) is 101 cm³/mol. The molecule has 1 fully saturated rings. The molecule has 1 N–H and O–H groups in total. The average Bonchev–Trinajstić information content (AvgIpc) is 2.98. The second-order valence-electron chi connectivity index (χ2n) is 7.01. The Morgan fingerprint density at radius 3 is 2.65 bits per heavy atom. The third-order valence-corrected chi connectivity index (χ3v) is 6.16. The molecule has 140 valence electrons. The zero-order valence-corrected chi connectivity index (χ0v) is 16.2. The van der Waals surface area contributed by atoms with Crippen LogP contribution in [0.4, 0.5) is 4.39 Å². The zero-order chi connectivity index (χ0) is 18.7. The van der Waals surface area contributed by atoms with Gasteiger partial charge in [-0.05, 0) is 49.9 Å². The number of thioether (sulfide) groups is 1. The molecule has 0 radical (unpaired) electrons. The van der Waals surface area contributed by atoms with Crippen LogP contribution in [0.25, 0.3) is 11.4 Å². The Morgan fingerprint density at radius 1 is 1.27 bits per heavy atom. The van der Waals surface area contributed by atoms with E-state index in [-0.39, 0.29) is 23.0 Å². The minimum Gasteiger partial charge on any atom is -0.352 e. The third-order valence-electron chi connectivity index (χ3n) is 5.03. The van der Waals surface area contributed by atoms with Crippen molar-refractivity contribution in [2.24, 2.45) is 13.0 Å². The molecule has 0 aliphatic heterocycles. The van der Waals surface area contributed by atoms with Gasteiger partial charge in [0.05, 0.1) is 5.25 Å². The second kappa shape index (κ2) is 8.20. The Labute approximate surface area is 157 Å². The maximum atomic E-state index is 13.1. The van der Waals surface area contributed by atoms with Crippen LogP contribution in [0, 0.1) is 11.7 Å². The fraction of sp³-hybridized carbons (Fsp3) is 0.526. The van der Waals surface area contributed by atoms with E-state index in [1.807, 2.05) is 18.5 Å². The van der Waals surface area contributed by atoms with Gasteiger partial charge in [-0.25, -0.2) is 4.39 Å². The van der Waals surface area contributed by atoms with E-state index < -0.39 is 0 Å². The number of hydrogen-bond donors (Lipinski definition) is 1. The van der Waals surface area contributed by atoms with Gasteiger partial charge in [0.15, 0.2) is 11.0 Å². The highest BCUT2D eigenvalue weighted by molar-refractivity contribution is 8.00. The summed E-state index contributed by atoms with van der Waals surface area (Å²) >= 11 is 1.39. The number of aromatic nitrogens is 3. The van der Waals surface area contributed by atoms with Gasteiger partial charge in [0.25, 0.3) is 0 Å². The molecule has 7 heteroatoms. The molecule has 0 saturated heterocycles. The highest BCUT2D eigenvalue weighted by atomic mass is 32.2. The first-order chi connectivity index (χ1) is 12.5. The molecule has 1 heterocycles. The molecule has 0 bridgehead atoms. The van der Waals surface area contributed by atoms with Crippen LogP contribution in [0.1, 0.15) is 39.5 Å². The van der Waals surface area contributed by atoms with E-state index in [1.54, 1.807) is 12.1 Å². The van der Waals surface area contributed by atoms with Crippen LogP contribution in [0.2, 0.25) is 0 Å². The van der Waals surface area contributed by atoms with Crippen LogP contribution in [-0.2, 0) is 11.8 Å². The molecular formula is C19H25FN4OS. The molecule has 26 heavy (non-hydrogen) atoms. The van der Waals surface area contributed by atoms with Gasteiger partial charge in [0.2, 0.25) is 5.91 Å². The molecule has 0 spiro atoms. The number of benzene rings is 1. The van der Waals surface area contributed by atoms with E-state index in [2.05, 4.69) is 22.4 Å². The zero-order valence-electron chi connectivity index (χ0n) is 15.4. The number of rotatable bonds is 5. The Bertz CT molecular complexity index is 761. The standard InChI is InChI=1S/C19H25FN4OS/c1-12-6-4-5-7-16(12)21-18(25)13(2)26-19-23-22-17(24(19)3)14-8-10-15(20)11-9-14/h8-13,16H,4-7H2,1-3H3,(H,21,25)/t12-,13+,16+/m0/s1. The third kappa shape index (κ3) is 4.26. The monoisotopic (exact) mass is 376 g/mol. The lowest BCUT2D eigenvalue weighted by Crippen LogP contribution is -2.44. The summed E-state index contributed by atoms with van der Waals surface area (Å²) in [6.45, 7) is 4.10. The van der Waals surface area contributed by atoms with E-state index in [9.17, 15) is 9.18 Å².